The molecule has 118 valence electrons. The smallest absolute Gasteiger partial charge is 0.128 e. The van der Waals surface area contributed by atoms with E-state index in [2.05, 4.69) is 55.0 Å². The minimum Gasteiger partial charge on any atom is -0.357 e. The lowest BCUT2D eigenvalue weighted by molar-refractivity contribution is 0.198. The van der Waals surface area contributed by atoms with Gasteiger partial charge in [0.25, 0.3) is 0 Å². The van der Waals surface area contributed by atoms with Crippen LogP contribution in [0.15, 0.2) is 18.3 Å². The fourth-order valence-electron chi connectivity index (χ4n) is 3.09. The lowest BCUT2D eigenvalue weighted by Crippen LogP contribution is -2.38. The summed E-state index contributed by atoms with van der Waals surface area (Å²) in [7, 11) is 0. The third kappa shape index (κ3) is 4.70. The number of nitrogens with one attached hydrogen (secondary N) is 1. The summed E-state index contributed by atoms with van der Waals surface area (Å²) in [4.78, 5) is 7.09. The molecule has 1 N–H and O–H groups in total. The van der Waals surface area contributed by atoms with E-state index in [1.165, 1.54) is 24.8 Å². The molecule has 0 unspecified atom stereocenters. The molecule has 1 aromatic rings. The zero-order valence-electron chi connectivity index (χ0n) is 14.2. The number of aromatic nitrogens is 1. The van der Waals surface area contributed by atoms with E-state index in [1.807, 2.05) is 6.20 Å². The molecule has 0 radical (unpaired) electrons. The number of rotatable bonds is 5. The molecule has 1 aliphatic heterocycles. The monoisotopic (exact) mass is 289 g/mol. The molecule has 2 rings (SSSR count). The second kappa shape index (κ2) is 7.26. The molecule has 2 heterocycles. The highest BCUT2D eigenvalue weighted by Gasteiger charge is 2.28. The Kier molecular flexibility index (Phi) is 5.63. The molecule has 3 nitrogen and oxygen atoms in total. The first-order valence-electron chi connectivity index (χ1n) is 8.41. The molecule has 0 aliphatic carbocycles. The van der Waals surface area contributed by atoms with Crippen LogP contribution in [0, 0.1) is 11.3 Å². The summed E-state index contributed by atoms with van der Waals surface area (Å²) in [6, 6.07) is 4.39. The Morgan fingerprint density at radius 3 is 2.48 bits per heavy atom. The van der Waals surface area contributed by atoms with Crippen LogP contribution < -0.4 is 10.2 Å². The largest absolute Gasteiger partial charge is 0.357 e. The summed E-state index contributed by atoms with van der Waals surface area (Å²) >= 11 is 0. The van der Waals surface area contributed by atoms with Crippen molar-refractivity contribution in [2.75, 3.05) is 24.5 Å². The highest BCUT2D eigenvalue weighted by molar-refractivity contribution is 5.39. The molecule has 0 spiro atoms. The number of hydrogen-bond donors (Lipinski definition) is 1. The fourth-order valence-corrected chi connectivity index (χ4v) is 3.09. The van der Waals surface area contributed by atoms with Crippen LogP contribution in [0.5, 0.6) is 0 Å². The lowest BCUT2D eigenvalue weighted by atomic mass is 9.75. The van der Waals surface area contributed by atoms with Crippen molar-refractivity contribution in [3.8, 4) is 0 Å². The van der Waals surface area contributed by atoms with Gasteiger partial charge in [-0.15, -0.1) is 0 Å². The van der Waals surface area contributed by atoms with Crippen molar-refractivity contribution in [2.24, 2.45) is 11.3 Å². The Bertz CT molecular complexity index is 411. The summed E-state index contributed by atoms with van der Waals surface area (Å²) in [5.74, 6) is 1.98. The van der Waals surface area contributed by atoms with E-state index in [1.54, 1.807) is 0 Å². The first kappa shape index (κ1) is 16.3. The molecule has 1 saturated heterocycles. The van der Waals surface area contributed by atoms with Gasteiger partial charge in [-0.2, -0.15) is 0 Å². The molecule has 0 atom stereocenters. The number of hydrogen-bond acceptors (Lipinski definition) is 3. The van der Waals surface area contributed by atoms with Crippen molar-refractivity contribution in [1.29, 1.82) is 0 Å². The van der Waals surface area contributed by atoms with Gasteiger partial charge in [-0.1, -0.05) is 33.8 Å². The van der Waals surface area contributed by atoms with E-state index in [-0.39, 0.29) is 0 Å². The van der Waals surface area contributed by atoms with E-state index in [9.17, 15) is 0 Å². The minimum absolute atomic E-state index is 0.439. The zero-order chi connectivity index (χ0) is 15.3. The van der Waals surface area contributed by atoms with Crippen molar-refractivity contribution in [2.45, 2.75) is 53.5 Å². The van der Waals surface area contributed by atoms with Crippen molar-refractivity contribution in [3.63, 3.8) is 0 Å². The highest BCUT2D eigenvalue weighted by atomic mass is 15.2. The maximum Gasteiger partial charge on any atom is 0.128 e. The minimum atomic E-state index is 0.439. The van der Waals surface area contributed by atoms with Gasteiger partial charge >= 0.3 is 0 Å². The average molecular weight is 289 g/mol. The molecule has 1 fully saturated rings. The van der Waals surface area contributed by atoms with Crippen LogP contribution in [-0.4, -0.2) is 24.6 Å². The molecule has 0 aromatic carbocycles. The number of piperidine rings is 1. The van der Waals surface area contributed by atoms with Gasteiger partial charge in [0.05, 0.1) is 0 Å². The Morgan fingerprint density at radius 1 is 1.24 bits per heavy atom. The Balaban J connectivity index is 1.86. The first-order valence-corrected chi connectivity index (χ1v) is 8.41. The van der Waals surface area contributed by atoms with Crippen molar-refractivity contribution < 1.29 is 0 Å². The summed E-state index contributed by atoms with van der Waals surface area (Å²) in [6.45, 7) is 13.6. The van der Waals surface area contributed by atoms with Gasteiger partial charge in [0, 0.05) is 25.8 Å². The molecule has 21 heavy (non-hydrogen) atoms. The standard InChI is InChI=1S/C18H31N3/c1-5-10-19-13-15-6-7-17(20-14-15)21-11-8-16(9-12-21)18(2,3)4/h6-7,14,16,19H,5,8-13H2,1-4H3. The maximum absolute atomic E-state index is 4.65. The van der Waals surface area contributed by atoms with Crippen LogP contribution in [0.3, 0.4) is 0 Å². The lowest BCUT2D eigenvalue weighted by Gasteiger charge is -2.39. The van der Waals surface area contributed by atoms with Gasteiger partial charge < -0.3 is 10.2 Å². The van der Waals surface area contributed by atoms with Crippen molar-refractivity contribution in [3.05, 3.63) is 23.9 Å². The van der Waals surface area contributed by atoms with Crippen molar-refractivity contribution in [1.82, 2.24) is 10.3 Å². The molecular weight excluding hydrogens is 258 g/mol. The second-order valence-electron chi connectivity index (χ2n) is 7.33. The molecule has 0 saturated carbocycles. The fraction of sp³-hybridized carbons (Fsp3) is 0.722. The predicted octanol–water partition coefficient (Wildman–Crippen LogP) is 3.84. The summed E-state index contributed by atoms with van der Waals surface area (Å²) in [6.07, 6.45) is 5.76. The highest BCUT2D eigenvalue weighted by Crippen LogP contribution is 2.35. The van der Waals surface area contributed by atoms with Crippen LogP contribution in [-0.2, 0) is 6.54 Å². The van der Waals surface area contributed by atoms with Crippen LogP contribution in [0.2, 0.25) is 0 Å². The van der Waals surface area contributed by atoms with Crippen LogP contribution >= 0.6 is 0 Å². The van der Waals surface area contributed by atoms with E-state index in [4.69, 9.17) is 0 Å². The third-order valence-electron chi connectivity index (χ3n) is 4.61. The SMILES string of the molecule is CCCNCc1ccc(N2CCC(C(C)(C)C)CC2)nc1. The second-order valence-corrected chi connectivity index (χ2v) is 7.33. The predicted molar refractivity (Wildman–Crippen MR) is 90.6 cm³/mol. The molecule has 0 bridgehead atoms. The van der Waals surface area contributed by atoms with E-state index < -0.39 is 0 Å². The summed E-state index contributed by atoms with van der Waals surface area (Å²) in [5, 5.41) is 3.42. The normalized spacial score (nSPS) is 17.2. The van der Waals surface area contributed by atoms with E-state index in [0.717, 1.165) is 37.9 Å². The van der Waals surface area contributed by atoms with Crippen LogP contribution in [0.1, 0.15) is 52.5 Å². The molecule has 0 amide bonds. The summed E-state index contributed by atoms with van der Waals surface area (Å²) in [5.41, 5.74) is 1.71. The Labute approximate surface area is 130 Å². The first-order chi connectivity index (χ1) is 10.0. The molecule has 3 heteroatoms. The van der Waals surface area contributed by atoms with E-state index >= 15 is 0 Å². The molecular formula is C18H31N3. The molecule has 1 aliphatic rings. The van der Waals surface area contributed by atoms with Gasteiger partial charge in [0.15, 0.2) is 0 Å². The third-order valence-corrected chi connectivity index (χ3v) is 4.61. The zero-order valence-corrected chi connectivity index (χ0v) is 14.2. The van der Waals surface area contributed by atoms with Crippen molar-refractivity contribution >= 4 is 5.82 Å². The Hall–Kier alpha value is -1.09. The van der Waals surface area contributed by atoms with Gasteiger partial charge in [-0.25, -0.2) is 4.98 Å². The summed E-state index contributed by atoms with van der Waals surface area (Å²) < 4.78 is 0. The molecule has 1 aromatic heterocycles. The van der Waals surface area contributed by atoms with Gasteiger partial charge in [-0.05, 0) is 48.8 Å². The quantitative estimate of drug-likeness (QED) is 0.835. The van der Waals surface area contributed by atoms with E-state index in [0.29, 0.717) is 5.41 Å². The average Bonchev–Trinajstić information content (AvgIpc) is 2.48. The van der Waals surface area contributed by atoms with Gasteiger partial charge in [0.1, 0.15) is 5.82 Å². The number of pyridine rings is 1. The van der Waals surface area contributed by atoms with Crippen LogP contribution in [0.4, 0.5) is 5.82 Å². The topological polar surface area (TPSA) is 28.2 Å². The van der Waals surface area contributed by atoms with Gasteiger partial charge in [0.2, 0.25) is 0 Å². The van der Waals surface area contributed by atoms with Gasteiger partial charge in [-0.3, -0.25) is 0 Å². The number of nitrogens with zero attached hydrogens (tertiary/aromatic N) is 2. The maximum atomic E-state index is 4.65. The van der Waals surface area contributed by atoms with Crippen LogP contribution in [0.25, 0.3) is 0 Å². The Morgan fingerprint density at radius 2 is 1.95 bits per heavy atom. The number of anilines is 1.